The van der Waals surface area contributed by atoms with Crippen molar-refractivity contribution < 1.29 is 14.7 Å². The molecule has 0 bridgehead atoms. The Morgan fingerprint density at radius 2 is 1.76 bits per heavy atom. The number of carboxylic acids is 1. The van der Waals surface area contributed by atoms with Gasteiger partial charge in [-0.1, -0.05) is 55.8 Å². The molecule has 5 nitrogen and oxygen atoms in total. The fraction of sp³-hybridized carbons (Fsp3) is 0.400. The van der Waals surface area contributed by atoms with Crippen molar-refractivity contribution in [2.45, 2.75) is 51.7 Å². The standard InChI is InChI=1S/C20H26N2O3/c1-4-8-18(20(24)25)21-14(3)19(23)22-13(2)16-12-7-10-15-9-5-6-11-17(15)16/h5-7,9-14,18,21H,4,8H2,1-3H3,(H,22,23)(H,24,25). The Balaban J connectivity index is 2.07. The molecule has 0 heterocycles. The number of aliphatic carboxylic acids is 1. The summed E-state index contributed by atoms with van der Waals surface area (Å²) < 4.78 is 0. The first kappa shape index (κ1) is 18.9. The van der Waals surface area contributed by atoms with E-state index in [2.05, 4.69) is 10.6 Å². The van der Waals surface area contributed by atoms with Gasteiger partial charge in [0.15, 0.2) is 0 Å². The summed E-state index contributed by atoms with van der Waals surface area (Å²) in [6.07, 6.45) is 1.23. The van der Waals surface area contributed by atoms with Gasteiger partial charge in [-0.25, -0.2) is 0 Å². The van der Waals surface area contributed by atoms with E-state index >= 15 is 0 Å². The maximum atomic E-state index is 12.5. The van der Waals surface area contributed by atoms with Crippen LogP contribution in [0.15, 0.2) is 42.5 Å². The summed E-state index contributed by atoms with van der Waals surface area (Å²) in [6, 6.07) is 12.6. The first-order chi connectivity index (χ1) is 11.9. The largest absolute Gasteiger partial charge is 0.480 e. The number of carbonyl (C=O) groups excluding carboxylic acids is 1. The van der Waals surface area contributed by atoms with Gasteiger partial charge >= 0.3 is 5.97 Å². The van der Waals surface area contributed by atoms with E-state index in [1.54, 1.807) is 6.92 Å². The summed E-state index contributed by atoms with van der Waals surface area (Å²) in [4.78, 5) is 23.7. The van der Waals surface area contributed by atoms with Crippen LogP contribution in [0.25, 0.3) is 10.8 Å². The number of carboxylic acid groups (broad SMARTS) is 1. The van der Waals surface area contributed by atoms with Crippen LogP contribution in [0.5, 0.6) is 0 Å². The van der Waals surface area contributed by atoms with Gasteiger partial charge in [0.25, 0.3) is 0 Å². The fourth-order valence-electron chi connectivity index (χ4n) is 2.99. The highest BCUT2D eigenvalue weighted by molar-refractivity contribution is 5.87. The van der Waals surface area contributed by atoms with E-state index in [0.717, 1.165) is 22.8 Å². The second-order valence-electron chi connectivity index (χ2n) is 6.37. The van der Waals surface area contributed by atoms with E-state index in [1.807, 2.05) is 56.3 Å². The zero-order valence-electron chi connectivity index (χ0n) is 15.0. The van der Waals surface area contributed by atoms with Gasteiger partial charge in [-0.05, 0) is 36.6 Å². The molecule has 3 atom stereocenters. The van der Waals surface area contributed by atoms with Crippen molar-refractivity contribution in [2.24, 2.45) is 0 Å². The van der Waals surface area contributed by atoms with Gasteiger partial charge < -0.3 is 10.4 Å². The Morgan fingerprint density at radius 1 is 1.08 bits per heavy atom. The number of nitrogens with one attached hydrogen (secondary N) is 2. The van der Waals surface area contributed by atoms with E-state index < -0.39 is 18.1 Å². The van der Waals surface area contributed by atoms with Gasteiger partial charge in [0.05, 0.1) is 12.1 Å². The summed E-state index contributed by atoms with van der Waals surface area (Å²) in [5.74, 6) is -1.13. The third-order valence-electron chi connectivity index (χ3n) is 4.37. The molecule has 134 valence electrons. The minimum atomic E-state index is -0.927. The van der Waals surface area contributed by atoms with Crippen LogP contribution in [0.1, 0.15) is 45.2 Å². The lowest BCUT2D eigenvalue weighted by Crippen LogP contribution is -2.49. The molecule has 0 aromatic heterocycles. The average molecular weight is 342 g/mol. The van der Waals surface area contributed by atoms with E-state index in [1.165, 1.54) is 0 Å². The normalized spacial score (nSPS) is 14.7. The fourth-order valence-corrected chi connectivity index (χ4v) is 2.99. The molecule has 0 aliphatic heterocycles. The zero-order valence-corrected chi connectivity index (χ0v) is 15.0. The lowest BCUT2D eigenvalue weighted by Gasteiger charge is -2.22. The van der Waals surface area contributed by atoms with Crippen molar-refractivity contribution in [1.82, 2.24) is 10.6 Å². The molecule has 0 saturated heterocycles. The number of hydrogen-bond acceptors (Lipinski definition) is 3. The Hall–Kier alpha value is -2.40. The highest BCUT2D eigenvalue weighted by atomic mass is 16.4. The third kappa shape index (κ3) is 4.79. The van der Waals surface area contributed by atoms with Crippen molar-refractivity contribution >= 4 is 22.6 Å². The molecular weight excluding hydrogens is 316 g/mol. The summed E-state index contributed by atoms with van der Waals surface area (Å²) in [5, 5.41) is 17.3. The molecule has 2 aromatic rings. The summed E-state index contributed by atoms with van der Waals surface area (Å²) in [6.45, 7) is 5.55. The van der Waals surface area contributed by atoms with Crippen LogP contribution < -0.4 is 10.6 Å². The first-order valence-electron chi connectivity index (χ1n) is 8.71. The zero-order chi connectivity index (χ0) is 18.4. The number of hydrogen-bond donors (Lipinski definition) is 3. The van der Waals surface area contributed by atoms with Crippen molar-refractivity contribution in [3.8, 4) is 0 Å². The second kappa shape index (κ2) is 8.62. The van der Waals surface area contributed by atoms with Gasteiger partial charge in [0.1, 0.15) is 6.04 Å². The predicted octanol–water partition coefficient (Wildman–Crippen LogP) is 3.25. The molecule has 0 spiro atoms. The minimum Gasteiger partial charge on any atom is -0.480 e. The number of fused-ring (bicyclic) bond motifs is 1. The SMILES string of the molecule is CCCC(NC(C)C(=O)NC(C)c1cccc2ccccc12)C(=O)O. The van der Waals surface area contributed by atoms with Crippen LogP contribution in [-0.4, -0.2) is 29.1 Å². The van der Waals surface area contributed by atoms with Gasteiger partial charge in [-0.2, -0.15) is 0 Å². The molecule has 0 radical (unpaired) electrons. The molecule has 2 aromatic carbocycles. The van der Waals surface area contributed by atoms with Gasteiger partial charge in [0, 0.05) is 0 Å². The Kier molecular flexibility index (Phi) is 6.53. The lowest BCUT2D eigenvalue weighted by molar-refractivity contribution is -0.140. The van der Waals surface area contributed by atoms with Crippen LogP contribution in [0.3, 0.4) is 0 Å². The molecule has 3 N–H and O–H groups in total. The number of rotatable bonds is 8. The van der Waals surface area contributed by atoms with Gasteiger partial charge in [0.2, 0.25) is 5.91 Å². The van der Waals surface area contributed by atoms with Crippen molar-refractivity contribution in [1.29, 1.82) is 0 Å². The second-order valence-corrected chi connectivity index (χ2v) is 6.37. The van der Waals surface area contributed by atoms with Gasteiger partial charge in [-0.15, -0.1) is 0 Å². The number of amides is 1. The smallest absolute Gasteiger partial charge is 0.320 e. The Morgan fingerprint density at radius 3 is 2.44 bits per heavy atom. The summed E-state index contributed by atoms with van der Waals surface area (Å²) in [5.41, 5.74) is 1.04. The minimum absolute atomic E-state index is 0.169. The molecule has 3 unspecified atom stereocenters. The van der Waals surface area contributed by atoms with Crippen molar-refractivity contribution in [3.05, 3.63) is 48.0 Å². The van der Waals surface area contributed by atoms with Crippen LogP contribution in [0, 0.1) is 0 Å². The highest BCUT2D eigenvalue weighted by Crippen LogP contribution is 2.24. The Bertz CT molecular complexity index is 739. The quantitative estimate of drug-likeness (QED) is 0.688. The first-order valence-corrected chi connectivity index (χ1v) is 8.71. The predicted molar refractivity (Wildman–Crippen MR) is 99.4 cm³/mol. The highest BCUT2D eigenvalue weighted by Gasteiger charge is 2.23. The van der Waals surface area contributed by atoms with E-state index in [9.17, 15) is 14.7 Å². The van der Waals surface area contributed by atoms with Crippen molar-refractivity contribution in [3.63, 3.8) is 0 Å². The van der Waals surface area contributed by atoms with E-state index in [0.29, 0.717) is 6.42 Å². The maximum absolute atomic E-state index is 12.5. The maximum Gasteiger partial charge on any atom is 0.320 e. The molecular formula is C20H26N2O3. The van der Waals surface area contributed by atoms with Crippen LogP contribution in [0.4, 0.5) is 0 Å². The molecule has 5 heteroatoms. The molecule has 25 heavy (non-hydrogen) atoms. The molecule has 0 saturated carbocycles. The van der Waals surface area contributed by atoms with Crippen LogP contribution in [0.2, 0.25) is 0 Å². The monoisotopic (exact) mass is 342 g/mol. The lowest BCUT2D eigenvalue weighted by atomic mass is 9.99. The van der Waals surface area contributed by atoms with E-state index in [-0.39, 0.29) is 11.9 Å². The molecule has 0 fully saturated rings. The molecule has 1 amide bonds. The van der Waals surface area contributed by atoms with E-state index in [4.69, 9.17) is 0 Å². The van der Waals surface area contributed by atoms with Gasteiger partial charge in [-0.3, -0.25) is 14.9 Å². The summed E-state index contributed by atoms with van der Waals surface area (Å²) in [7, 11) is 0. The number of carbonyl (C=O) groups is 2. The third-order valence-corrected chi connectivity index (χ3v) is 4.37. The summed E-state index contributed by atoms with van der Waals surface area (Å²) >= 11 is 0. The van der Waals surface area contributed by atoms with Crippen molar-refractivity contribution in [2.75, 3.05) is 0 Å². The average Bonchev–Trinajstić information content (AvgIpc) is 2.60. The molecule has 2 rings (SSSR count). The number of benzene rings is 2. The molecule has 0 aliphatic carbocycles. The van der Waals surface area contributed by atoms with Crippen LogP contribution in [-0.2, 0) is 9.59 Å². The molecule has 0 aliphatic rings. The van der Waals surface area contributed by atoms with Crippen LogP contribution >= 0.6 is 0 Å². The Labute approximate surface area is 148 Å². The topological polar surface area (TPSA) is 78.4 Å².